The Kier molecular flexibility index (Phi) is 3.25. The molecule has 3 aromatic rings. The third kappa shape index (κ3) is 2.37. The summed E-state index contributed by atoms with van der Waals surface area (Å²) < 4.78 is 6.88. The summed E-state index contributed by atoms with van der Waals surface area (Å²) in [6, 6.07) is 5.25. The Balaban J connectivity index is 2.12. The zero-order chi connectivity index (χ0) is 15.9. The summed E-state index contributed by atoms with van der Waals surface area (Å²) in [7, 11) is 0. The molecule has 0 amide bonds. The van der Waals surface area contributed by atoms with E-state index in [4.69, 9.17) is 4.42 Å². The van der Waals surface area contributed by atoms with Gasteiger partial charge in [0, 0.05) is 11.5 Å². The van der Waals surface area contributed by atoms with Crippen molar-refractivity contribution in [2.75, 3.05) is 0 Å². The van der Waals surface area contributed by atoms with Crippen LogP contribution in [0.3, 0.4) is 0 Å². The van der Waals surface area contributed by atoms with E-state index in [2.05, 4.69) is 4.98 Å². The summed E-state index contributed by atoms with van der Waals surface area (Å²) >= 11 is 0. The fourth-order valence-electron chi connectivity index (χ4n) is 2.38. The van der Waals surface area contributed by atoms with Gasteiger partial charge in [-0.1, -0.05) is 12.1 Å². The van der Waals surface area contributed by atoms with Crippen LogP contribution in [0.25, 0.3) is 11.0 Å². The zero-order valence-electron chi connectivity index (χ0n) is 12.1. The maximum absolute atomic E-state index is 11.8. The quantitative estimate of drug-likeness (QED) is 0.421. The number of nitrogens with zero attached hydrogens (tertiary/aromatic N) is 3. The Morgan fingerprint density at radius 3 is 2.82 bits per heavy atom. The molecule has 3 rings (SSSR count). The first-order valence-corrected chi connectivity index (χ1v) is 6.65. The molecule has 2 heterocycles. The van der Waals surface area contributed by atoms with Gasteiger partial charge in [-0.2, -0.15) is 0 Å². The molecule has 0 saturated heterocycles. The van der Waals surface area contributed by atoms with Crippen molar-refractivity contribution in [3.05, 3.63) is 67.9 Å². The van der Waals surface area contributed by atoms with Crippen LogP contribution in [0.1, 0.15) is 16.7 Å². The first-order valence-electron chi connectivity index (χ1n) is 6.65. The molecule has 0 fully saturated rings. The van der Waals surface area contributed by atoms with E-state index in [1.807, 2.05) is 26.0 Å². The predicted octanol–water partition coefficient (Wildman–Crippen LogP) is 2.56. The lowest BCUT2D eigenvalue weighted by Crippen LogP contribution is -2.05. The molecule has 0 aliphatic heterocycles. The first-order chi connectivity index (χ1) is 10.5. The summed E-state index contributed by atoms with van der Waals surface area (Å²) in [6.07, 6.45) is 2.71. The molecule has 2 aromatic heterocycles. The van der Waals surface area contributed by atoms with E-state index in [0.29, 0.717) is 12.1 Å². The third-order valence-corrected chi connectivity index (χ3v) is 3.68. The maximum atomic E-state index is 11.8. The lowest BCUT2D eigenvalue weighted by Gasteiger charge is -2.08. The lowest BCUT2D eigenvalue weighted by molar-refractivity contribution is -0.389. The minimum Gasteiger partial charge on any atom is -0.422 e. The highest BCUT2D eigenvalue weighted by Gasteiger charge is 2.13. The first kappa shape index (κ1) is 14.0. The van der Waals surface area contributed by atoms with E-state index in [-0.39, 0.29) is 5.82 Å². The Hall–Kier alpha value is -2.96. The van der Waals surface area contributed by atoms with Gasteiger partial charge >= 0.3 is 11.4 Å². The standard InChI is InChI=1S/C15H13N3O4/c1-9-3-4-12-11(5-14(19)22-15(12)10(9)2)6-17-7-13(16-8-17)18(20)21/h3-5,7-8H,6H2,1-2H3. The highest BCUT2D eigenvalue weighted by Crippen LogP contribution is 2.24. The molecule has 1 aromatic carbocycles. The highest BCUT2D eigenvalue weighted by atomic mass is 16.6. The van der Waals surface area contributed by atoms with Crippen molar-refractivity contribution in [2.24, 2.45) is 0 Å². The van der Waals surface area contributed by atoms with Crippen LogP contribution < -0.4 is 5.63 Å². The number of benzene rings is 1. The molecule has 7 heteroatoms. The van der Waals surface area contributed by atoms with Crippen molar-refractivity contribution >= 4 is 16.8 Å². The zero-order valence-corrected chi connectivity index (χ0v) is 12.1. The van der Waals surface area contributed by atoms with Crippen LogP contribution in [-0.4, -0.2) is 14.5 Å². The molecule has 0 spiro atoms. The second-order valence-corrected chi connectivity index (χ2v) is 5.14. The number of aryl methyl sites for hydroxylation is 2. The lowest BCUT2D eigenvalue weighted by atomic mass is 10.0. The highest BCUT2D eigenvalue weighted by molar-refractivity contribution is 5.83. The molecular weight excluding hydrogens is 286 g/mol. The largest absolute Gasteiger partial charge is 0.422 e. The smallest absolute Gasteiger partial charge is 0.381 e. The van der Waals surface area contributed by atoms with E-state index in [1.54, 1.807) is 4.57 Å². The van der Waals surface area contributed by atoms with Gasteiger partial charge in [-0.25, -0.2) is 4.79 Å². The van der Waals surface area contributed by atoms with Crippen molar-refractivity contribution < 1.29 is 9.34 Å². The number of rotatable bonds is 3. The summed E-state index contributed by atoms with van der Waals surface area (Å²) in [6.45, 7) is 4.15. The summed E-state index contributed by atoms with van der Waals surface area (Å²) in [4.78, 5) is 25.6. The van der Waals surface area contributed by atoms with Gasteiger partial charge in [0.15, 0.2) is 0 Å². The predicted molar refractivity (Wildman–Crippen MR) is 79.9 cm³/mol. The molecule has 0 aliphatic carbocycles. The molecule has 0 aliphatic rings. The molecule has 112 valence electrons. The number of hydrogen-bond donors (Lipinski definition) is 0. The summed E-state index contributed by atoms with van der Waals surface area (Å²) in [5.74, 6) is -0.223. The van der Waals surface area contributed by atoms with Crippen LogP contribution in [0.4, 0.5) is 5.82 Å². The van der Waals surface area contributed by atoms with Gasteiger partial charge in [0.2, 0.25) is 6.33 Å². The number of nitro groups is 1. The van der Waals surface area contributed by atoms with E-state index in [0.717, 1.165) is 22.1 Å². The monoisotopic (exact) mass is 299 g/mol. The van der Waals surface area contributed by atoms with Crippen LogP contribution in [0.5, 0.6) is 0 Å². The normalized spacial score (nSPS) is 11.0. The SMILES string of the molecule is Cc1ccc2c(Cn3cnc([N+](=O)[O-])c3)cc(=O)oc2c1C. The van der Waals surface area contributed by atoms with Gasteiger partial charge in [-0.05, 0) is 40.4 Å². The van der Waals surface area contributed by atoms with Gasteiger partial charge in [0.05, 0.1) is 6.54 Å². The topological polar surface area (TPSA) is 91.2 Å². The second kappa shape index (κ2) is 5.10. The molecule has 0 saturated carbocycles. The van der Waals surface area contributed by atoms with Crippen LogP contribution in [-0.2, 0) is 6.54 Å². The van der Waals surface area contributed by atoms with Crippen molar-refractivity contribution in [3.63, 3.8) is 0 Å². The van der Waals surface area contributed by atoms with E-state index in [9.17, 15) is 14.9 Å². The summed E-state index contributed by atoms with van der Waals surface area (Å²) in [5.41, 5.74) is 2.80. The Labute approximate surface area is 125 Å². The number of fused-ring (bicyclic) bond motifs is 1. The van der Waals surface area contributed by atoms with Gasteiger partial charge in [-0.15, -0.1) is 0 Å². The molecule has 0 bridgehead atoms. The van der Waals surface area contributed by atoms with E-state index in [1.165, 1.54) is 18.6 Å². The van der Waals surface area contributed by atoms with Crippen LogP contribution in [0.2, 0.25) is 0 Å². The van der Waals surface area contributed by atoms with Gasteiger partial charge in [-0.3, -0.25) is 0 Å². The number of aromatic nitrogens is 2. The van der Waals surface area contributed by atoms with Crippen molar-refractivity contribution in [2.45, 2.75) is 20.4 Å². The van der Waals surface area contributed by atoms with Crippen LogP contribution >= 0.6 is 0 Å². The minimum absolute atomic E-state index is 0.223. The molecule has 0 N–H and O–H groups in total. The Morgan fingerprint density at radius 1 is 1.36 bits per heavy atom. The van der Waals surface area contributed by atoms with Gasteiger partial charge in [0.1, 0.15) is 11.8 Å². The maximum Gasteiger partial charge on any atom is 0.381 e. The third-order valence-electron chi connectivity index (χ3n) is 3.68. The molecule has 7 nitrogen and oxygen atoms in total. The molecule has 0 atom stereocenters. The summed E-state index contributed by atoms with van der Waals surface area (Å²) in [5, 5.41) is 11.5. The molecule has 0 unspecified atom stereocenters. The average molecular weight is 299 g/mol. The molecular formula is C15H13N3O4. The second-order valence-electron chi connectivity index (χ2n) is 5.14. The number of hydrogen-bond acceptors (Lipinski definition) is 5. The van der Waals surface area contributed by atoms with Crippen molar-refractivity contribution in [3.8, 4) is 0 Å². The van der Waals surface area contributed by atoms with Crippen molar-refractivity contribution in [1.82, 2.24) is 9.55 Å². The van der Waals surface area contributed by atoms with Gasteiger partial charge < -0.3 is 19.1 Å². The molecule has 0 radical (unpaired) electrons. The fraction of sp³-hybridized carbons (Fsp3) is 0.200. The number of imidazole rings is 1. The molecule has 22 heavy (non-hydrogen) atoms. The van der Waals surface area contributed by atoms with Crippen molar-refractivity contribution in [1.29, 1.82) is 0 Å². The Bertz CT molecular complexity index is 940. The van der Waals surface area contributed by atoms with E-state index >= 15 is 0 Å². The van der Waals surface area contributed by atoms with Gasteiger partial charge in [0.25, 0.3) is 0 Å². The fourth-order valence-corrected chi connectivity index (χ4v) is 2.38. The Morgan fingerprint density at radius 2 is 2.14 bits per heavy atom. The minimum atomic E-state index is -0.554. The van der Waals surface area contributed by atoms with E-state index < -0.39 is 10.5 Å². The van der Waals surface area contributed by atoms with Crippen LogP contribution in [0.15, 0.2) is 39.9 Å². The average Bonchev–Trinajstić information content (AvgIpc) is 2.92. The van der Waals surface area contributed by atoms with Crippen LogP contribution in [0, 0.1) is 24.0 Å².